The number of benzene rings is 1. The van der Waals surface area contributed by atoms with E-state index in [-0.39, 0.29) is 0 Å². The zero-order valence-corrected chi connectivity index (χ0v) is 10.0. The molecule has 5 heteroatoms. The first kappa shape index (κ1) is 13.2. The van der Waals surface area contributed by atoms with Gasteiger partial charge in [-0.25, -0.2) is 0 Å². The molecule has 0 saturated carbocycles. The van der Waals surface area contributed by atoms with Gasteiger partial charge in [-0.1, -0.05) is 24.2 Å². The minimum Gasteiger partial charge on any atom is -0.490 e. The van der Waals surface area contributed by atoms with Gasteiger partial charge in [0.15, 0.2) is 11.5 Å². The Morgan fingerprint density at radius 1 is 1.18 bits per heavy atom. The molecule has 0 aromatic heterocycles. The summed E-state index contributed by atoms with van der Waals surface area (Å²) in [5, 5.41) is 3.44. The average Bonchev–Trinajstić information content (AvgIpc) is 2.37. The average molecular weight is 235 g/mol. The largest absolute Gasteiger partial charge is 0.490 e. The van der Waals surface area contributed by atoms with Crippen molar-refractivity contribution in [3.63, 3.8) is 0 Å². The Hall–Kier alpha value is -1.87. The highest BCUT2D eigenvalue weighted by Gasteiger charge is 2.02. The van der Waals surface area contributed by atoms with Crippen LogP contribution in [-0.2, 0) is 0 Å². The van der Waals surface area contributed by atoms with Crippen LogP contribution in [0.3, 0.4) is 0 Å². The quantitative estimate of drug-likeness (QED) is 0.299. The summed E-state index contributed by atoms with van der Waals surface area (Å²) in [6.07, 6.45) is 1.66. The monoisotopic (exact) mass is 235 g/mol. The second-order valence-electron chi connectivity index (χ2n) is 3.45. The number of ether oxygens (including phenoxy) is 2. The first-order chi connectivity index (χ1) is 8.38. The lowest BCUT2D eigenvalue weighted by Gasteiger charge is -2.11. The van der Waals surface area contributed by atoms with Gasteiger partial charge in [-0.3, -0.25) is 0 Å². The summed E-state index contributed by atoms with van der Waals surface area (Å²) >= 11 is 0. The SMILES string of the molecule is CCCOc1ccccc1OCCCN=[N+]=[N-]. The molecule has 5 nitrogen and oxygen atoms in total. The van der Waals surface area contributed by atoms with Crippen LogP contribution in [0.4, 0.5) is 0 Å². The number of azide groups is 1. The first-order valence-corrected chi connectivity index (χ1v) is 5.74. The lowest BCUT2D eigenvalue weighted by atomic mass is 10.3. The molecular weight excluding hydrogens is 218 g/mol. The molecule has 1 rings (SSSR count). The fourth-order valence-electron chi connectivity index (χ4n) is 1.26. The summed E-state index contributed by atoms with van der Waals surface area (Å²) in [6.45, 7) is 3.71. The molecule has 0 fully saturated rings. The topological polar surface area (TPSA) is 67.2 Å². The molecule has 0 unspecified atom stereocenters. The highest BCUT2D eigenvalue weighted by molar-refractivity contribution is 5.39. The van der Waals surface area contributed by atoms with Crippen LogP contribution in [0.2, 0.25) is 0 Å². The standard InChI is InChI=1S/C12H17N3O2/c1-2-9-16-11-6-3-4-7-12(11)17-10-5-8-14-15-13/h3-4,6-7H,2,5,8-10H2,1H3. The van der Waals surface area contributed by atoms with E-state index in [1.54, 1.807) is 0 Å². The minimum atomic E-state index is 0.453. The van der Waals surface area contributed by atoms with E-state index < -0.39 is 0 Å². The molecule has 0 spiro atoms. The molecule has 0 aliphatic carbocycles. The Bertz CT molecular complexity index is 376. The van der Waals surface area contributed by atoms with Crippen molar-refractivity contribution < 1.29 is 9.47 Å². The lowest BCUT2D eigenvalue weighted by Crippen LogP contribution is -2.02. The van der Waals surface area contributed by atoms with E-state index in [4.69, 9.17) is 15.0 Å². The molecule has 92 valence electrons. The predicted octanol–water partition coefficient (Wildman–Crippen LogP) is 3.55. The zero-order valence-electron chi connectivity index (χ0n) is 10.0. The van der Waals surface area contributed by atoms with Crippen molar-refractivity contribution in [3.05, 3.63) is 34.7 Å². The third-order valence-electron chi connectivity index (χ3n) is 2.03. The molecule has 0 atom stereocenters. The van der Waals surface area contributed by atoms with E-state index in [1.165, 1.54) is 0 Å². The van der Waals surface area contributed by atoms with Gasteiger partial charge >= 0.3 is 0 Å². The molecule has 17 heavy (non-hydrogen) atoms. The molecule has 0 aliphatic rings. The molecule has 0 bridgehead atoms. The van der Waals surface area contributed by atoms with Crippen LogP contribution in [0, 0.1) is 0 Å². The van der Waals surface area contributed by atoms with Crippen molar-refractivity contribution in [3.8, 4) is 11.5 Å². The Morgan fingerprint density at radius 3 is 2.41 bits per heavy atom. The van der Waals surface area contributed by atoms with Crippen molar-refractivity contribution in [1.82, 2.24) is 0 Å². The first-order valence-electron chi connectivity index (χ1n) is 5.74. The van der Waals surface area contributed by atoms with Crippen molar-refractivity contribution in [1.29, 1.82) is 0 Å². The highest BCUT2D eigenvalue weighted by Crippen LogP contribution is 2.26. The number of hydrogen-bond donors (Lipinski definition) is 0. The van der Waals surface area contributed by atoms with Crippen molar-refractivity contribution in [2.75, 3.05) is 19.8 Å². The van der Waals surface area contributed by atoms with Gasteiger partial charge in [0.1, 0.15) is 0 Å². The maximum atomic E-state index is 8.12. The van der Waals surface area contributed by atoms with Crippen molar-refractivity contribution in [2.45, 2.75) is 19.8 Å². The van der Waals surface area contributed by atoms with Crippen LogP contribution < -0.4 is 9.47 Å². The summed E-state index contributed by atoms with van der Waals surface area (Å²) in [5.41, 5.74) is 8.12. The van der Waals surface area contributed by atoms with Gasteiger partial charge in [0.2, 0.25) is 0 Å². The van der Waals surface area contributed by atoms with Crippen molar-refractivity contribution in [2.24, 2.45) is 5.11 Å². The Morgan fingerprint density at radius 2 is 1.82 bits per heavy atom. The Balaban J connectivity index is 2.42. The number of para-hydroxylation sites is 2. The van der Waals surface area contributed by atoms with Gasteiger partial charge in [-0.2, -0.15) is 0 Å². The molecule has 0 amide bonds. The van der Waals surface area contributed by atoms with Crippen LogP contribution in [0.25, 0.3) is 10.4 Å². The highest BCUT2D eigenvalue weighted by atomic mass is 16.5. The maximum Gasteiger partial charge on any atom is 0.161 e. The third kappa shape index (κ3) is 5.13. The summed E-state index contributed by atoms with van der Waals surface area (Å²) in [4.78, 5) is 2.68. The van der Waals surface area contributed by atoms with Gasteiger partial charge in [0.25, 0.3) is 0 Å². The predicted molar refractivity (Wildman–Crippen MR) is 66.4 cm³/mol. The molecular formula is C12H17N3O2. The van der Waals surface area contributed by atoms with Gasteiger partial charge in [0.05, 0.1) is 13.2 Å². The molecule has 0 radical (unpaired) electrons. The second-order valence-corrected chi connectivity index (χ2v) is 3.45. The molecule has 0 aliphatic heterocycles. The van der Waals surface area contributed by atoms with E-state index in [2.05, 4.69) is 16.9 Å². The molecule has 1 aromatic rings. The van der Waals surface area contributed by atoms with Crippen LogP contribution in [-0.4, -0.2) is 19.8 Å². The van der Waals surface area contributed by atoms with Crippen molar-refractivity contribution >= 4 is 0 Å². The Labute approximate surface area is 101 Å². The number of nitrogens with zero attached hydrogens (tertiary/aromatic N) is 3. The van der Waals surface area contributed by atoms with E-state index in [0.717, 1.165) is 17.9 Å². The molecule has 0 N–H and O–H groups in total. The van der Waals surface area contributed by atoms with E-state index >= 15 is 0 Å². The Kier molecular flexibility index (Phi) is 6.44. The summed E-state index contributed by atoms with van der Waals surface area (Å²) in [6, 6.07) is 7.58. The zero-order chi connectivity index (χ0) is 12.3. The van der Waals surface area contributed by atoms with Gasteiger partial charge in [-0.15, -0.1) is 0 Å². The van der Waals surface area contributed by atoms with Gasteiger partial charge in [-0.05, 0) is 30.5 Å². The summed E-state index contributed by atoms with van der Waals surface area (Å²) in [5.74, 6) is 1.50. The minimum absolute atomic E-state index is 0.453. The van der Waals surface area contributed by atoms with E-state index in [1.807, 2.05) is 24.3 Å². The molecule has 0 saturated heterocycles. The normalized spacial score (nSPS) is 9.47. The lowest BCUT2D eigenvalue weighted by molar-refractivity contribution is 0.267. The second kappa shape index (κ2) is 8.30. The van der Waals surface area contributed by atoms with Crippen LogP contribution >= 0.6 is 0 Å². The summed E-state index contributed by atoms with van der Waals surface area (Å²) < 4.78 is 11.1. The van der Waals surface area contributed by atoms with Crippen LogP contribution in [0.1, 0.15) is 19.8 Å². The number of hydrogen-bond acceptors (Lipinski definition) is 3. The fraction of sp³-hybridized carbons (Fsp3) is 0.500. The van der Waals surface area contributed by atoms with Gasteiger partial charge in [0, 0.05) is 11.5 Å². The van der Waals surface area contributed by atoms with E-state index in [9.17, 15) is 0 Å². The van der Waals surface area contributed by atoms with Gasteiger partial charge < -0.3 is 9.47 Å². The molecule has 1 aromatic carbocycles. The maximum absolute atomic E-state index is 8.12. The summed E-state index contributed by atoms with van der Waals surface area (Å²) in [7, 11) is 0. The van der Waals surface area contributed by atoms with E-state index in [0.29, 0.717) is 26.2 Å². The molecule has 0 heterocycles. The van der Waals surface area contributed by atoms with Crippen LogP contribution in [0.5, 0.6) is 11.5 Å². The number of rotatable bonds is 8. The van der Waals surface area contributed by atoms with Crippen LogP contribution in [0.15, 0.2) is 29.4 Å². The fourth-order valence-corrected chi connectivity index (χ4v) is 1.26. The third-order valence-corrected chi connectivity index (χ3v) is 2.03. The smallest absolute Gasteiger partial charge is 0.161 e.